The average molecular weight is 333 g/mol. The van der Waals surface area contributed by atoms with Crippen molar-refractivity contribution in [3.05, 3.63) is 60.7 Å². The molecule has 0 unspecified atom stereocenters. The molecule has 0 saturated carbocycles. The largest absolute Gasteiger partial charge is 0.354 e. The first kappa shape index (κ1) is 15.4. The Labute approximate surface area is 145 Å². The molecule has 4 aromatic rings. The Morgan fingerprint density at radius 3 is 2.80 bits per heavy atom. The van der Waals surface area contributed by atoms with E-state index in [1.807, 2.05) is 18.2 Å². The fourth-order valence-corrected chi connectivity index (χ4v) is 3.23. The average Bonchev–Trinajstić information content (AvgIpc) is 3.23. The van der Waals surface area contributed by atoms with Gasteiger partial charge in [0.05, 0.1) is 13.0 Å². The molecule has 25 heavy (non-hydrogen) atoms. The highest BCUT2D eigenvalue weighted by Crippen LogP contribution is 2.28. The molecule has 2 aromatic carbocycles. The standard InChI is InChI=1S/C19H19N5O/c1-23-17-5-3-2-4-15(17)16-10-14(6-7-18(16)23)11-19(25)21-8-9-24-13-20-12-22-24/h2-7,10,12-13H,8-9,11H2,1H3,(H,21,25). The van der Waals surface area contributed by atoms with Gasteiger partial charge in [-0.25, -0.2) is 4.98 Å². The van der Waals surface area contributed by atoms with Crippen LogP contribution in [-0.4, -0.2) is 31.8 Å². The van der Waals surface area contributed by atoms with Crippen LogP contribution in [0.2, 0.25) is 0 Å². The minimum absolute atomic E-state index is 0.0136. The van der Waals surface area contributed by atoms with Crippen molar-refractivity contribution in [3.63, 3.8) is 0 Å². The second-order valence-corrected chi connectivity index (χ2v) is 6.11. The Kier molecular flexibility index (Phi) is 3.93. The van der Waals surface area contributed by atoms with Crippen LogP contribution in [0.5, 0.6) is 0 Å². The van der Waals surface area contributed by atoms with Gasteiger partial charge in [-0.3, -0.25) is 9.48 Å². The number of nitrogens with zero attached hydrogens (tertiary/aromatic N) is 4. The summed E-state index contributed by atoms with van der Waals surface area (Å²) in [6.07, 6.45) is 3.50. The maximum atomic E-state index is 12.2. The van der Waals surface area contributed by atoms with E-state index in [4.69, 9.17) is 0 Å². The molecule has 0 saturated heterocycles. The van der Waals surface area contributed by atoms with Crippen LogP contribution >= 0.6 is 0 Å². The second-order valence-electron chi connectivity index (χ2n) is 6.11. The van der Waals surface area contributed by atoms with Crippen LogP contribution in [0.4, 0.5) is 0 Å². The van der Waals surface area contributed by atoms with Crippen molar-refractivity contribution in [3.8, 4) is 0 Å². The summed E-state index contributed by atoms with van der Waals surface area (Å²) in [4.78, 5) is 16.1. The summed E-state index contributed by atoms with van der Waals surface area (Å²) in [5.74, 6) is 0.0136. The molecule has 0 fully saturated rings. The number of nitrogens with one attached hydrogen (secondary N) is 1. The summed E-state index contributed by atoms with van der Waals surface area (Å²) < 4.78 is 3.88. The number of benzene rings is 2. The van der Waals surface area contributed by atoms with Crippen LogP contribution in [0.1, 0.15) is 5.56 Å². The number of para-hydroxylation sites is 1. The molecule has 0 bridgehead atoms. The molecule has 0 aliphatic carbocycles. The number of fused-ring (bicyclic) bond motifs is 3. The third-order valence-electron chi connectivity index (χ3n) is 4.47. The van der Waals surface area contributed by atoms with Crippen molar-refractivity contribution < 1.29 is 4.79 Å². The molecule has 0 aliphatic heterocycles. The fraction of sp³-hybridized carbons (Fsp3) is 0.211. The van der Waals surface area contributed by atoms with Gasteiger partial charge in [-0.05, 0) is 23.8 Å². The third kappa shape index (κ3) is 2.98. The molecule has 0 spiro atoms. The predicted molar refractivity (Wildman–Crippen MR) is 97.2 cm³/mol. The van der Waals surface area contributed by atoms with E-state index in [9.17, 15) is 4.79 Å². The highest BCUT2D eigenvalue weighted by atomic mass is 16.1. The summed E-state index contributed by atoms with van der Waals surface area (Å²) in [6, 6.07) is 14.6. The minimum Gasteiger partial charge on any atom is -0.354 e. The molecule has 126 valence electrons. The molecular weight excluding hydrogens is 314 g/mol. The Morgan fingerprint density at radius 2 is 1.96 bits per heavy atom. The highest BCUT2D eigenvalue weighted by molar-refractivity contribution is 6.08. The topological polar surface area (TPSA) is 64.7 Å². The molecule has 0 aliphatic rings. The van der Waals surface area contributed by atoms with Crippen LogP contribution in [0.3, 0.4) is 0 Å². The number of hydrogen-bond acceptors (Lipinski definition) is 3. The van der Waals surface area contributed by atoms with E-state index < -0.39 is 0 Å². The number of amides is 1. The van der Waals surface area contributed by atoms with Gasteiger partial charge in [0.1, 0.15) is 12.7 Å². The van der Waals surface area contributed by atoms with E-state index in [0.29, 0.717) is 19.5 Å². The summed E-state index contributed by atoms with van der Waals surface area (Å²) >= 11 is 0. The lowest BCUT2D eigenvalue weighted by Gasteiger charge is -2.06. The quantitative estimate of drug-likeness (QED) is 0.609. The molecule has 0 atom stereocenters. The zero-order valence-electron chi connectivity index (χ0n) is 14.0. The van der Waals surface area contributed by atoms with Crippen LogP contribution < -0.4 is 5.32 Å². The number of aryl methyl sites for hydroxylation is 1. The van der Waals surface area contributed by atoms with E-state index in [0.717, 1.165) is 5.56 Å². The first-order valence-corrected chi connectivity index (χ1v) is 8.27. The van der Waals surface area contributed by atoms with Gasteiger partial charge in [0.25, 0.3) is 0 Å². The summed E-state index contributed by atoms with van der Waals surface area (Å²) in [7, 11) is 2.07. The molecule has 2 heterocycles. The van der Waals surface area contributed by atoms with E-state index in [-0.39, 0.29) is 5.91 Å². The summed E-state index contributed by atoms with van der Waals surface area (Å²) in [5, 5.41) is 9.34. The van der Waals surface area contributed by atoms with Crippen LogP contribution in [0, 0.1) is 0 Å². The van der Waals surface area contributed by atoms with Gasteiger partial charge < -0.3 is 9.88 Å². The number of rotatable bonds is 5. The molecule has 6 heteroatoms. The van der Waals surface area contributed by atoms with Crippen molar-refractivity contribution in [2.45, 2.75) is 13.0 Å². The van der Waals surface area contributed by atoms with Crippen LogP contribution in [0.25, 0.3) is 21.8 Å². The van der Waals surface area contributed by atoms with E-state index in [2.05, 4.69) is 51.3 Å². The van der Waals surface area contributed by atoms with Crippen LogP contribution in [-0.2, 0) is 24.8 Å². The number of aromatic nitrogens is 4. The SMILES string of the molecule is Cn1c2ccccc2c2cc(CC(=O)NCCn3cncn3)ccc21. The van der Waals surface area contributed by atoms with Crippen molar-refractivity contribution >= 4 is 27.7 Å². The lowest BCUT2D eigenvalue weighted by atomic mass is 10.1. The van der Waals surface area contributed by atoms with Crippen molar-refractivity contribution in [2.75, 3.05) is 6.54 Å². The maximum Gasteiger partial charge on any atom is 0.224 e. The van der Waals surface area contributed by atoms with E-state index in [1.54, 1.807) is 11.0 Å². The van der Waals surface area contributed by atoms with Gasteiger partial charge in [0.2, 0.25) is 5.91 Å². The number of hydrogen-bond donors (Lipinski definition) is 1. The van der Waals surface area contributed by atoms with E-state index in [1.165, 1.54) is 28.1 Å². The molecule has 1 N–H and O–H groups in total. The highest BCUT2D eigenvalue weighted by Gasteiger charge is 2.10. The fourth-order valence-electron chi connectivity index (χ4n) is 3.23. The first-order valence-electron chi connectivity index (χ1n) is 8.27. The molecule has 6 nitrogen and oxygen atoms in total. The van der Waals surface area contributed by atoms with Crippen molar-refractivity contribution in [2.24, 2.45) is 7.05 Å². The van der Waals surface area contributed by atoms with Gasteiger partial charge in [-0.15, -0.1) is 0 Å². The lowest BCUT2D eigenvalue weighted by molar-refractivity contribution is -0.120. The van der Waals surface area contributed by atoms with Gasteiger partial charge in [-0.1, -0.05) is 24.3 Å². The van der Waals surface area contributed by atoms with Gasteiger partial charge in [0, 0.05) is 35.4 Å². The summed E-state index contributed by atoms with van der Waals surface area (Å²) in [5.41, 5.74) is 3.39. The van der Waals surface area contributed by atoms with Gasteiger partial charge >= 0.3 is 0 Å². The van der Waals surface area contributed by atoms with Crippen LogP contribution in [0.15, 0.2) is 55.1 Å². The molecule has 4 rings (SSSR count). The number of carbonyl (C=O) groups excluding carboxylic acids is 1. The predicted octanol–water partition coefficient (Wildman–Crippen LogP) is 2.28. The van der Waals surface area contributed by atoms with Gasteiger partial charge in [-0.2, -0.15) is 5.10 Å². The molecule has 0 radical (unpaired) electrons. The molecule has 2 aromatic heterocycles. The Bertz CT molecular complexity index is 1030. The monoisotopic (exact) mass is 333 g/mol. The maximum absolute atomic E-state index is 12.2. The van der Waals surface area contributed by atoms with E-state index >= 15 is 0 Å². The summed E-state index contributed by atoms with van der Waals surface area (Å²) in [6.45, 7) is 1.16. The first-order chi connectivity index (χ1) is 12.2. The smallest absolute Gasteiger partial charge is 0.224 e. The normalized spacial score (nSPS) is 11.2. The Balaban J connectivity index is 1.49. The second kappa shape index (κ2) is 6.39. The third-order valence-corrected chi connectivity index (χ3v) is 4.47. The van der Waals surface area contributed by atoms with Gasteiger partial charge in [0.15, 0.2) is 0 Å². The molecular formula is C19H19N5O. The zero-order chi connectivity index (χ0) is 17.2. The minimum atomic E-state index is 0.0136. The van der Waals surface area contributed by atoms with Crippen molar-refractivity contribution in [1.29, 1.82) is 0 Å². The Morgan fingerprint density at radius 1 is 1.12 bits per heavy atom. The zero-order valence-corrected chi connectivity index (χ0v) is 14.0. The number of carbonyl (C=O) groups is 1. The Hall–Kier alpha value is -3.15. The lowest BCUT2D eigenvalue weighted by Crippen LogP contribution is -2.28. The molecule has 1 amide bonds. The van der Waals surface area contributed by atoms with Crippen molar-refractivity contribution in [1.82, 2.24) is 24.6 Å².